The van der Waals surface area contributed by atoms with Gasteiger partial charge in [0.15, 0.2) is 0 Å². The lowest BCUT2D eigenvalue weighted by Gasteiger charge is -2.13. The van der Waals surface area contributed by atoms with Crippen LogP contribution in [0.2, 0.25) is 10.0 Å². The average molecular weight is 371 g/mol. The van der Waals surface area contributed by atoms with Crippen LogP contribution in [0, 0.1) is 0 Å². The molecule has 9 heteroatoms. The highest BCUT2D eigenvalue weighted by Gasteiger charge is 2.37. The molecule has 0 spiro atoms. The molecule has 2 aromatic rings. The van der Waals surface area contributed by atoms with Gasteiger partial charge >= 0.3 is 16.3 Å². The molecule has 0 amide bonds. The van der Waals surface area contributed by atoms with E-state index in [2.05, 4.69) is 4.18 Å². The number of alkyl halides is 3. The van der Waals surface area contributed by atoms with E-state index in [-0.39, 0.29) is 15.8 Å². The van der Waals surface area contributed by atoms with Crippen LogP contribution in [-0.4, -0.2) is 8.42 Å². The van der Waals surface area contributed by atoms with E-state index in [1.165, 1.54) is 18.2 Å². The maximum atomic E-state index is 12.9. The molecule has 0 aliphatic rings. The van der Waals surface area contributed by atoms with Crippen molar-refractivity contribution < 1.29 is 25.8 Å². The van der Waals surface area contributed by atoms with Crippen molar-refractivity contribution in [2.75, 3.05) is 0 Å². The van der Waals surface area contributed by atoms with Crippen molar-refractivity contribution in [3.05, 3.63) is 58.1 Å². The van der Waals surface area contributed by atoms with Gasteiger partial charge in [0.25, 0.3) is 0 Å². The molecule has 2 aromatic carbocycles. The second-order valence-corrected chi connectivity index (χ2v) is 6.44. The zero-order valence-electron chi connectivity index (χ0n) is 10.6. The van der Waals surface area contributed by atoms with Crippen molar-refractivity contribution in [2.45, 2.75) is 11.1 Å². The van der Waals surface area contributed by atoms with E-state index in [0.717, 1.165) is 18.2 Å². The van der Waals surface area contributed by atoms with Gasteiger partial charge in [-0.25, -0.2) is 0 Å². The molecule has 0 bridgehead atoms. The molecule has 2 rings (SSSR count). The first-order valence-corrected chi connectivity index (χ1v) is 7.83. The highest BCUT2D eigenvalue weighted by Crippen LogP contribution is 2.35. The lowest BCUT2D eigenvalue weighted by Crippen LogP contribution is -2.17. The molecule has 0 saturated carbocycles. The van der Waals surface area contributed by atoms with Gasteiger partial charge in [0.2, 0.25) is 0 Å². The first-order valence-electron chi connectivity index (χ1n) is 5.67. The molecule has 0 N–H and O–H groups in total. The van der Waals surface area contributed by atoms with Crippen LogP contribution >= 0.6 is 23.2 Å². The van der Waals surface area contributed by atoms with Gasteiger partial charge in [0.05, 0.1) is 15.6 Å². The maximum absolute atomic E-state index is 12.9. The quantitative estimate of drug-likeness (QED) is 0.730. The van der Waals surface area contributed by atoms with Gasteiger partial charge < -0.3 is 4.18 Å². The third kappa shape index (κ3) is 3.66. The van der Waals surface area contributed by atoms with E-state index in [1.54, 1.807) is 0 Å². The van der Waals surface area contributed by atoms with Gasteiger partial charge in [0, 0.05) is 6.07 Å². The van der Waals surface area contributed by atoms with Gasteiger partial charge in [-0.2, -0.15) is 21.6 Å². The normalized spacial score (nSPS) is 12.2. The van der Waals surface area contributed by atoms with E-state index >= 15 is 0 Å². The summed E-state index contributed by atoms with van der Waals surface area (Å²) in [6.07, 6.45) is -4.83. The first kappa shape index (κ1) is 16.9. The van der Waals surface area contributed by atoms with Crippen molar-refractivity contribution in [3.63, 3.8) is 0 Å². The Bertz CT molecular complexity index is 804. The fraction of sp³-hybridized carbons (Fsp3) is 0.0769. The third-order valence-electron chi connectivity index (χ3n) is 2.56. The molecule has 0 aromatic heterocycles. The minimum Gasteiger partial charge on any atom is -0.379 e. The Morgan fingerprint density at radius 2 is 1.59 bits per heavy atom. The van der Waals surface area contributed by atoms with Crippen LogP contribution in [0.5, 0.6) is 5.75 Å². The van der Waals surface area contributed by atoms with Crippen LogP contribution in [-0.2, 0) is 16.3 Å². The largest absolute Gasteiger partial charge is 0.417 e. The summed E-state index contributed by atoms with van der Waals surface area (Å²) in [7, 11) is -4.68. The number of hydrogen-bond acceptors (Lipinski definition) is 3. The minimum atomic E-state index is -4.83. The summed E-state index contributed by atoms with van der Waals surface area (Å²) in [6, 6.07) is 7.27. The van der Waals surface area contributed by atoms with Gasteiger partial charge in [-0.1, -0.05) is 35.3 Å². The smallest absolute Gasteiger partial charge is 0.379 e. The van der Waals surface area contributed by atoms with Crippen LogP contribution in [0.4, 0.5) is 13.2 Å². The first-order chi connectivity index (χ1) is 10.1. The van der Waals surface area contributed by atoms with Crippen LogP contribution < -0.4 is 4.18 Å². The Morgan fingerprint density at radius 1 is 0.955 bits per heavy atom. The van der Waals surface area contributed by atoms with Gasteiger partial charge in [0.1, 0.15) is 10.6 Å². The Balaban J connectivity index is 2.45. The van der Waals surface area contributed by atoms with Crippen molar-refractivity contribution in [3.8, 4) is 5.75 Å². The molecule has 0 atom stereocenters. The molecule has 22 heavy (non-hydrogen) atoms. The van der Waals surface area contributed by atoms with Crippen molar-refractivity contribution in [1.82, 2.24) is 0 Å². The van der Waals surface area contributed by atoms with Crippen molar-refractivity contribution >= 4 is 33.3 Å². The second kappa shape index (κ2) is 5.98. The average Bonchev–Trinajstić information content (AvgIpc) is 2.42. The monoisotopic (exact) mass is 370 g/mol. The Hall–Kier alpha value is -1.44. The standard InChI is InChI=1S/C13H7Cl2F3O3S/c14-10-6-5-8(7-11(10)15)21-22(19,20)12-4-2-1-3-9(12)13(16,17)18/h1-7H. The summed E-state index contributed by atoms with van der Waals surface area (Å²) in [6.45, 7) is 0. The van der Waals surface area contributed by atoms with E-state index < -0.39 is 26.8 Å². The predicted octanol–water partition coefficient (Wildman–Crippen LogP) is 4.78. The molecule has 3 nitrogen and oxygen atoms in total. The molecular weight excluding hydrogens is 364 g/mol. The maximum Gasteiger partial charge on any atom is 0.417 e. The van der Waals surface area contributed by atoms with Crippen LogP contribution in [0.3, 0.4) is 0 Å². The Morgan fingerprint density at radius 3 is 2.18 bits per heavy atom. The van der Waals surface area contributed by atoms with Crippen LogP contribution in [0.15, 0.2) is 47.4 Å². The van der Waals surface area contributed by atoms with Gasteiger partial charge in [-0.3, -0.25) is 0 Å². The number of halogens is 5. The van der Waals surface area contributed by atoms with E-state index in [0.29, 0.717) is 6.07 Å². The summed E-state index contributed by atoms with van der Waals surface area (Å²) < 4.78 is 67.5. The SMILES string of the molecule is O=S(=O)(Oc1ccc(Cl)c(Cl)c1)c1ccccc1C(F)(F)F. The van der Waals surface area contributed by atoms with Crippen molar-refractivity contribution in [1.29, 1.82) is 0 Å². The summed E-state index contributed by atoms with van der Waals surface area (Å²) in [5, 5.41) is 0.167. The number of benzene rings is 2. The van der Waals surface area contributed by atoms with Gasteiger partial charge in [-0.05, 0) is 24.3 Å². The zero-order chi connectivity index (χ0) is 16.5. The van der Waals surface area contributed by atoms with Crippen LogP contribution in [0.25, 0.3) is 0 Å². The molecule has 0 fully saturated rings. The second-order valence-electron chi connectivity index (χ2n) is 4.11. The van der Waals surface area contributed by atoms with Crippen LogP contribution in [0.1, 0.15) is 5.56 Å². The van der Waals surface area contributed by atoms with Crippen molar-refractivity contribution in [2.24, 2.45) is 0 Å². The lowest BCUT2D eigenvalue weighted by molar-refractivity contribution is -0.139. The molecule has 0 saturated heterocycles. The Kier molecular flexibility index (Phi) is 4.60. The highest BCUT2D eigenvalue weighted by atomic mass is 35.5. The molecule has 0 heterocycles. The topological polar surface area (TPSA) is 43.4 Å². The van der Waals surface area contributed by atoms with Gasteiger partial charge in [-0.15, -0.1) is 0 Å². The summed E-state index contributed by atoms with van der Waals surface area (Å²) in [5.41, 5.74) is -1.31. The molecule has 118 valence electrons. The Labute approximate surface area is 134 Å². The summed E-state index contributed by atoms with van der Waals surface area (Å²) >= 11 is 11.4. The highest BCUT2D eigenvalue weighted by molar-refractivity contribution is 7.87. The van der Waals surface area contributed by atoms with E-state index in [4.69, 9.17) is 23.2 Å². The number of hydrogen-bond donors (Lipinski definition) is 0. The molecule has 0 unspecified atom stereocenters. The third-order valence-corrected chi connectivity index (χ3v) is 4.60. The molecule has 0 radical (unpaired) electrons. The molecular formula is C13H7Cl2F3O3S. The fourth-order valence-corrected chi connectivity index (χ4v) is 3.05. The van der Waals surface area contributed by atoms with E-state index in [9.17, 15) is 21.6 Å². The lowest BCUT2D eigenvalue weighted by atomic mass is 10.2. The van der Waals surface area contributed by atoms with E-state index in [1.807, 2.05) is 0 Å². The fourth-order valence-electron chi connectivity index (χ4n) is 1.62. The molecule has 0 aliphatic heterocycles. The summed E-state index contributed by atoms with van der Waals surface area (Å²) in [4.78, 5) is -0.978. The molecule has 0 aliphatic carbocycles. The summed E-state index contributed by atoms with van der Waals surface area (Å²) in [5.74, 6) is -0.244. The predicted molar refractivity (Wildman–Crippen MR) is 75.7 cm³/mol. The number of rotatable bonds is 3. The minimum absolute atomic E-state index is 0.0125. The zero-order valence-corrected chi connectivity index (χ0v) is 12.9.